The SMILES string of the molecule is O=C(CCN1C(=O)NC2(CCCC2)C1=O)OCC(=O)c1cccc(F)c1. The first-order valence-corrected chi connectivity index (χ1v) is 8.50. The fourth-order valence-electron chi connectivity index (χ4n) is 3.36. The molecule has 3 rings (SSSR count). The predicted molar refractivity (Wildman–Crippen MR) is 87.8 cm³/mol. The lowest BCUT2D eigenvalue weighted by atomic mass is 9.98. The third kappa shape index (κ3) is 3.58. The lowest BCUT2D eigenvalue weighted by Gasteiger charge is -2.19. The standard InChI is InChI=1S/C18H19FN2O5/c19-13-5-3-4-12(10-13)14(22)11-26-15(23)6-9-21-16(24)18(20-17(21)25)7-1-2-8-18/h3-5,10H,1-2,6-9,11H2,(H,20,25). The molecule has 1 saturated heterocycles. The van der Waals surface area contributed by atoms with Gasteiger partial charge in [-0.15, -0.1) is 0 Å². The van der Waals surface area contributed by atoms with Crippen molar-refractivity contribution in [2.75, 3.05) is 13.2 Å². The molecule has 26 heavy (non-hydrogen) atoms. The van der Waals surface area contributed by atoms with Gasteiger partial charge >= 0.3 is 12.0 Å². The Morgan fingerprint density at radius 3 is 2.65 bits per heavy atom. The van der Waals surface area contributed by atoms with Crippen molar-refractivity contribution in [1.29, 1.82) is 0 Å². The van der Waals surface area contributed by atoms with Gasteiger partial charge in [-0.2, -0.15) is 0 Å². The van der Waals surface area contributed by atoms with Crippen molar-refractivity contribution < 1.29 is 28.3 Å². The molecule has 0 radical (unpaired) electrons. The van der Waals surface area contributed by atoms with Crippen molar-refractivity contribution in [1.82, 2.24) is 10.2 Å². The molecule has 2 fully saturated rings. The number of esters is 1. The van der Waals surface area contributed by atoms with Gasteiger partial charge in [0.2, 0.25) is 0 Å². The van der Waals surface area contributed by atoms with Crippen LogP contribution in [-0.2, 0) is 14.3 Å². The molecule has 1 aliphatic carbocycles. The molecular formula is C18H19FN2O5. The van der Waals surface area contributed by atoms with Gasteiger partial charge in [0.05, 0.1) is 6.42 Å². The van der Waals surface area contributed by atoms with Crippen LogP contribution >= 0.6 is 0 Å². The number of halogens is 1. The fraction of sp³-hybridized carbons (Fsp3) is 0.444. The Morgan fingerprint density at radius 2 is 1.96 bits per heavy atom. The third-order valence-corrected chi connectivity index (χ3v) is 4.75. The number of hydrogen-bond donors (Lipinski definition) is 1. The summed E-state index contributed by atoms with van der Waals surface area (Å²) in [4.78, 5) is 49.1. The Hall–Kier alpha value is -2.77. The monoisotopic (exact) mass is 362 g/mol. The first-order valence-electron chi connectivity index (χ1n) is 8.50. The number of carbonyl (C=O) groups is 4. The number of ketones is 1. The zero-order valence-corrected chi connectivity index (χ0v) is 14.1. The van der Waals surface area contributed by atoms with Crippen molar-refractivity contribution in [2.45, 2.75) is 37.6 Å². The normalized spacial score (nSPS) is 18.3. The molecule has 1 aliphatic heterocycles. The Morgan fingerprint density at radius 1 is 1.23 bits per heavy atom. The topological polar surface area (TPSA) is 92.8 Å². The number of rotatable bonds is 6. The highest BCUT2D eigenvalue weighted by molar-refractivity contribution is 6.07. The van der Waals surface area contributed by atoms with Gasteiger partial charge in [0, 0.05) is 12.1 Å². The molecular weight excluding hydrogens is 343 g/mol. The maximum Gasteiger partial charge on any atom is 0.325 e. The number of carbonyl (C=O) groups excluding carboxylic acids is 4. The summed E-state index contributed by atoms with van der Waals surface area (Å²) in [6.07, 6.45) is 2.78. The average molecular weight is 362 g/mol. The predicted octanol–water partition coefficient (Wildman–Crippen LogP) is 1.81. The van der Waals surface area contributed by atoms with Crippen molar-refractivity contribution in [3.8, 4) is 0 Å². The average Bonchev–Trinajstić information content (AvgIpc) is 3.17. The first kappa shape index (κ1) is 18.0. The van der Waals surface area contributed by atoms with Gasteiger partial charge < -0.3 is 10.1 Å². The van der Waals surface area contributed by atoms with E-state index in [0.29, 0.717) is 12.8 Å². The summed E-state index contributed by atoms with van der Waals surface area (Å²) in [5, 5.41) is 2.73. The molecule has 1 spiro atoms. The number of nitrogens with zero attached hydrogens (tertiary/aromatic N) is 1. The summed E-state index contributed by atoms with van der Waals surface area (Å²) in [5.74, 6) is -2.09. The number of hydrogen-bond acceptors (Lipinski definition) is 5. The quantitative estimate of drug-likeness (QED) is 0.473. The largest absolute Gasteiger partial charge is 0.457 e. The number of nitrogens with one attached hydrogen (secondary N) is 1. The Balaban J connectivity index is 1.48. The van der Waals surface area contributed by atoms with E-state index in [4.69, 9.17) is 4.74 Å². The number of imide groups is 1. The Kier molecular flexibility index (Phi) is 5.01. The summed E-state index contributed by atoms with van der Waals surface area (Å²) in [6, 6.07) is 4.58. The smallest absolute Gasteiger partial charge is 0.325 e. The van der Waals surface area contributed by atoms with Crippen LogP contribution in [0, 0.1) is 5.82 Å². The highest BCUT2D eigenvalue weighted by atomic mass is 19.1. The lowest BCUT2D eigenvalue weighted by Crippen LogP contribution is -2.44. The van der Waals surface area contributed by atoms with Gasteiger partial charge in [0.25, 0.3) is 5.91 Å². The first-order chi connectivity index (χ1) is 12.4. The molecule has 1 N–H and O–H groups in total. The van der Waals surface area contributed by atoms with Gasteiger partial charge in [-0.1, -0.05) is 25.0 Å². The van der Waals surface area contributed by atoms with E-state index in [2.05, 4.69) is 5.32 Å². The van der Waals surface area contributed by atoms with Crippen LogP contribution in [0.1, 0.15) is 42.5 Å². The minimum Gasteiger partial charge on any atom is -0.457 e. The van der Waals surface area contributed by atoms with Crippen LogP contribution < -0.4 is 5.32 Å². The van der Waals surface area contributed by atoms with Crippen molar-refractivity contribution >= 4 is 23.7 Å². The molecule has 138 valence electrons. The van der Waals surface area contributed by atoms with E-state index in [0.717, 1.165) is 23.8 Å². The molecule has 0 atom stereocenters. The molecule has 0 bridgehead atoms. The number of amides is 3. The van der Waals surface area contributed by atoms with Gasteiger partial charge in [-0.25, -0.2) is 9.18 Å². The molecule has 8 heteroatoms. The van der Waals surface area contributed by atoms with Crippen molar-refractivity contribution in [2.24, 2.45) is 0 Å². The fourth-order valence-corrected chi connectivity index (χ4v) is 3.36. The number of ether oxygens (including phenoxy) is 1. The second kappa shape index (κ2) is 7.23. The van der Waals surface area contributed by atoms with E-state index in [1.54, 1.807) is 0 Å². The van der Waals surface area contributed by atoms with Gasteiger partial charge in [-0.3, -0.25) is 19.3 Å². The third-order valence-electron chi connectivity index (χ3n) is 4.75. The summed E-state index contributed by atoms with van der Waals surface area (Å²) in [5.41, 5.74) is -0.705. The van der Waals surface area contributed by atoms with E-state index in [9.17, 15) is 23.6 Å². The minimum atomic E-state index is -0.811. The molecule has 2 aliphatic rings. The zero-order valence-electron chi connectivity index (χ0n) is 14.1. The van der Waals surface area contributed by atoms with Gasteiger partial charge in [-0.05, 0) is 25.0 Å². The summed E-state index contributed by atoms with van der Waals surface area (Å²) < 4.78 is 17.9. The van der Waals surface area contributed by atoms with E-state index in [1.807, 2.05) is 0 Å². The molecule has 1 heterocycles. The zero-order chi connectivity index (χ0) is 18.7. The molecule has 0 aromatic heterocycles. The second-order valence-electron chi connectivity index (χ2n) is 6.52. The van der Waals surface area contributed by atoms with Crippen LogP contribution in [0.4, 0.5) is 9.18 Å². The highest BCUT2D eigenvalue weighted by Gasteiger charge is 2.52. The molecule has 1 saturated carbocycles. The summed E-state index contributed by atoms with van der Waals surface area (Å²) in [7, 11) is 0. The lowest BCUT2D eigenvalue weighted by molar-refractivity contribution is -0.143. The minimum absolute atomic E-state index is 0.0978. The highest BCUT2D eigenvalue weighted by Crippen LogP contribution is 2.35. The van der Waals surface area contributed by atoms with Crippen molar-refractivity contribution in [3.05, 3.63) is 35.6 Å². The van der Waals surface area contributed by atoms with Crippen LogP contribution in [0.25, 0.3) is 0 Å². The second-order valence-corrected chi connectivity index (χ2v) is 6.52. The molecule has 1 aromatic rings. The van der Waals surface area contributed by atoms with Crippen LogP contribution in [0.2, 0.25) is 0 Å². The van der Waals surface area contributed by atoms with E-state index < -0.39 is 35.7 Å². The summed E-state index contributed by atoms with van der Waals surface area (Å²) in [6.45, 7) is -0.619. The molecule has 0 unspecified atom stereocenters. The molecule has 1 aromatic carbocycles. The van der Waals surface area contributed by atoms with E-state index in [-0.39, 0.29) is 24.4 Å². The molecule has 7 nitrogen and oxygen atoms in total. The van der Waals surface area contributed by atoms with Gasteiger partial charge in [0.1, 0.15) is 11.4 Å². The number of urea groups is 1. The van der Waals surface area contributed by atoms with Crippen LogP contribution in [0.5, 0.6) is 0 Å². The maximum atomic E-state index is 13.1. The maximum absolute atomic E-state index is 13.1. The van der Waals surface area contributed by atoms with Crippen LogP contribution in [0.15, 0.2) is 24.3 Å². The number of Topliss-reactive ketones (excluding diaryl/α,β-unsaturated/α-hetero) is 1. The van der Waals surface area contributed by atoms with E-state index >= 15 is 0 Å². The Labute approximate surface area is 149 Å². The number of benzene rings is 1. The summed E-state index contributed by atoms with van der Waals surface area (Å²) >= 11 is 0. The molecule has 3 amide bonds. The Bertz CT molecular complexity index is 758. The van der Waals surface area contributed by atoms with Crippen LogP contribution in [-0.4, -0.2) is 47.3 Å². The van der Waals surface area contributed by atoms with Gasteiger partial charge in [0.15, 0.2) is 12.4 Å². The van der Waals surface area contributed by atoms with Crippen molar-refractivity contribution in [3.63, 3.8) is 0 Å². The van der Waals surface area contributed by atoms with Crippen LogP contribution in [0.3, 0.4) is 0 Å². The van der Waals surface area contributed by atoms with E-state index in [1.165, 1.54) is 18.2 Å².